The fourth-order valence-electron chi connectivity index (χ4n) is 5.17. The van der Waals surface area contributed by atoms with Gasteiger partial charge in [0, 0.05) is 24.9 Å². The Balaban J connectivity index is 1.44. The predicted octanol–water partition coefficient (Wildman–Crippen LogP) is 4.26. The summed E-state index contributed by atoms with van der Waals surface area (Å²) in [7, 11) is 0. The van der Waals surface area contributed by atoms with Crippen LogP contribution in [0.5, 0.6) is 0 Å². The van der Waals surface area contributed by atoms with E-state index < -0.39 is 48.8 Å². The van der Waals surface area contributed by atoms with Gasteiger partial charge in [-0.15, -0.1) is 0 Å². The summed E-state index contributed by atoms with van der Waals surface area (Å²) in [6.07, 6.45) is -3.85. The second-order valence-corrected chi connectivity index (χ2v) is 9.01. The molecule has 9 heteroatoms. The first-order valence-corrected chi connectivity index (χ1v) is 11.7. The minimum atomic E-state index is -2.84. The van der Waals surface area contributed by atoms with Gasteiger partial charge in [-0.3, -0.25) is 9.59 Å². The quantitative estimate of drug-likeness (QED) is 0.610. The van der Waals surface area contributed by atoms with Gasteiger partial charge in [0.1, 0.15) is 12.6 Å². The number of nitrogens with zero attached hydrogens (tertiary/aromatic N) is 1. The highest BCUT2D eigenvalue weighted by Gasteiger charge is 2.39. The van der Waals surface area contributed by atoms with E-state index in [1.807, 2.05) is 48.5 Å². The molecule has 0 radical (unpaired) electrons. The van der Waals surface area contributed by atoms with Crippen LogP contribution in [0.25, 0.3) is 11.1 Å². The average Bonchev–Trinajstić information content (AvgIpc) is 3.15. The number of amides is 2. The highest BCUT2D eigenvalue weighted by Crippen LogP contribution is 2.44. The van der Waals surface area contributed by atoms with E-state index in [1.165, 1.54) is 4.90 Å². The molecule has 7 nitrogen and oxygen atoms in total. The van der Waals surface area contributed by atoms with Crippen LogP contribution < -0.4 is 5.32 Å². The summed E-state index contributed by atoms with van der Waals surface area (Å²) >= 11 is 0. The lowest BCUT2D eigenvalue weighted by molar-refractivity contribution is -0.150. The number of ether oxygens (including phenoxy) is 1. The van der Waals surface area contributed by atoms with Crippen LogP contribution in [-0.2, 0) is 14.3 Å². The highest BCUT2D eigenvalue weighted by atomic mass is 19.3. The summed E-state index contributed by atoms with van der Waals surface area (Å²) in [5.74, 6) is -2.76. The van der Waals surface area contributed by atoms with Crippen molar-refractivity contribution in [2.24, 2.45) is 5.92 Å². The van der Waals surface area contributed by atoms with Crippen LogP contribution in [-0.4, -0.2) is 59.6 Å². The maximum atomic E-state index is 13.3. The number of hydrogen-bond acceptors (Lipinski definition) is 4. The number of benzene rings is 2. The molecule has 1 saturated heterocycles. The number of halogens is 2. The number of likely N-dealkylation sites (tertiary alicyclic amines) is 1. The molecule has 0 saturated carbocycles. The number of carboxylic acids is 1. The fourth-order valence-corrected chi connectivity index (χ4v) is 5.17. The first-order valence-electron chi connectivity index (χ1n) is 11.7. The summed E-state index contributed by atoms with van der Waals surface area (Å²) in [5, 5.41) is 11.7. The molecule has 4 rings (SSSR count). The van der Waals surface area contributed by atoms with Gasteiger partial charge in [0.15, 0.2) is 0 Å². The lowest BCUT2D eigenvalue weighted by Gasteiger charge is -2.39. The van der Waals surface area contributed by atoms with Crippen LogP contribution in [0.2, 0.25) is 0 Å². The van der Waals surface area contributed by atoms with Crippen molar-refractivity contribution in [2.75, 3.05) is 13.2 Å². The molecular weight excluding hydrogens is 458 g/mol. The Morgan fingerprint density at radius 2 is 1.69 bits per heavy atom. The highest BCUT2D eigenvalue weighted by molar-refractivity contribution is 5.87. The Hall–Kier alpha value is -3.49. The second kappa shape index (κ2) is 10.4. The molecule has 1 aliphatic heterocycles. The number of piperidine rings is 1. The number of carbonyl (C=O) groups excluding carboxylic acids is 2. The standard InChI is InChI=1S/C26H28F2N2O5/c1-15-16(25(32)33)11-6-12-30(15)24(31)22(13-23(27)28)29-26(34)35-14-21-19-9-4-2-7-17(19)18-8-3-5-10-20(18)21/h2-5,7-10,15-16,21-23H,6,11-14H2,1H3,(H,29,34)(H,32,33)/t15-,16-,22?/m0/s1. The van der Waals surface area contributed by atoms with E-state index in [9.17, 15) is 28.3 Å². The molecule has 2 aliphatic rings. The Morgan fingerprint density at radius 1 is 1.09 bits per heavy atom. The topological polar surface area (TPSA) is 95.9 Å². The van der Waals surface area contributed by atoms with Crippen LogP contribution in [0.3, 0.4) is 0 Å². The van der Waals surface area contributed by atoms with Gasteiger partial charge in [0.25, 0.3) is 0 Å². The summed E-state index contributed by atoms with van der Waals surface area (Å²) < 4.78 is 32.0. The number of carbonyl (C=O) groups is 3. The normalized spacial score (nSPS) is 20.2. The third-order valence-corrected chi connectivity index (χ3v) is 6.94. The molecule has 0 spiro atoms. The molecule has 1 unspecified atom stereocenters. The molecule has 3 atom stereocenters. The van der Waals surface area contributed by atoms with Gasteiger partial charge in [0.2, 0.25) is 12.3 Å². The largest absolute Gasteiger partial charge is 0.481 e. The van der Waals surface area contributed by atoms with Gasteiger partial charge in [-0.25, -0.2) is 13.6 Å². The molecule has 2 amide bonds. The minimum absolute atomic E-state index is 0.0172. The molecule has 186 valence electrons. The summed E-state index contributed by atoms with van der Waals surface area (Å²) in [6, 6.07) is 13.4. The number of alkyl halides is 2. The van der Waals surface area contributed by atoms with Gasteiger partial charge >= 0.3 is 12.1 Å². The van der Waals surface area contributed by atoms with Crippen molar-refractivity contribution in [3.63, 3.8) is 0 Å². The van der Waals surface area contributed by atoms with Crippen LogP contribution in [0.1, 0.15) is 43.2 Å². The lowest BCUT2D eigenvalue weighted by atomic mass is 9.89. The Labute approximate surface area is 202 Å². The zero-order valence-corrected chi connectivity index (χ0v) is 19.3. The number of aliphatic carboxylic acids is 1. The van der Waals surface area contributed by atoms with Crippen molar-refractivity contribution >= 4 is 18.0 Å². The van der Waals surface area contributed by atoms with E-state index in [1.54, 1.807) is 6.92 Å². The minimum Gasteiger partial charge on any atom is -0.481 e. The molecule has 1 heterocycles. The van der Waals surface area contributed by atoms with Crippen molar-refractivity contribution in [2.45, 2.75) is 50.6 Å². The van der Waals surface area contributed by atoms with E-state index >= 15 is 0 Å². The maximum Gasteiger partial charge on any atom is 0.407 e. The van der Waals surface area contributed by atoms with Gasteiger partial charge < -0.3 is 20.1 Å². The van der Waals surface area contributed by atoms with E-state index in [2.05, 4.69) is 5.32 Å². The number of fused-ring (bicyclic) bond motifs is 3. The van der Waals surface area contributed by atoms with Gasteiger partial charge in [-0.2, -0.15) is 0 Å². The van der Waals surface area contributed by atoms with Crippen molar-refractivity contribution < 1.29 is 33.0 Å². The number of hydrogen-bond donors (Lipinski definition) is 2. The molecule has 1 fully saturated rings. The molecular formula is C26H28F2N2O5. The number of carboxylic acid groups (broad SMARTS) is 1. The lowest BCUT2D eigenvalue weighted by Crippen LogP contribution is -2.56. The Bertz CT molecular complexity index is 1060. The summed E-state index contributed by atoms with van der Waals surface area (Å²) in [5.41, 5.74) is 4.11. The van der Waals surface area contributed by atoms with Crippen LogP contribution in [0.15, 0.2) is 48.5 Å². The number of nitrogens with one attached hydrogen (secondary N) is 1. The van der Waals surface area contributed by atoms with E-state index in [-0.39, 0.29) is 19.1 Å². The molecule has 2 N–H and O–H groups in total. The number of rotatable bonds is 7. The summed E-state index contributed by atoms with van der Waals surface area (Å²) in [6.45, 7) is 1.81. The smallest absolute Gasteiger partial charge is 0.407 e. The average molecular weight is 487 g/mol. The summed E-state index contributed by atoms with van der Waals surface area (Å²) in [4.78, 5) is 38.5. The zero-order chi connectivity index (χ0) is 25.1. The van der Waals surface area contributed by atoms with Crippen molar-refractivity contribution in [1.29, 1.82) is 0 Å². The monoisotopic (exact) mass is 486 g/mol. The van der Waals surface area contributed by atoms with Crippen LogP contribution >= 0.6 is 0 Å². The zero-order valence-electron chi connectivity index (χ0n) is 19.3. The van der Waals surface area contributed by atoms with Crippen molar-refractivity contribution in [3.05, 3.63) is 59.7 Å². The molecule has 0 aromatic heterocycles. The Morgan fingerprint density at radius 3 is 2.26 bits per heavy atom. The third-order valence-electron chi connectivity index (χ3n) is 6.94. The van der Waals surface area contributed by atoms with Gasteiger partial charge in [-0.05, 0) is 42.0 Å². The predicted molar refractivity (Wildman–Crippen MR) is 124 cm³/mol. The van der Waals surface area contributed by atoms with E-state index in [4.69, 9.17) is 4.74 Å². The number of alkyl carbamates (subject to hydrolysis) is 1. The SMILES string of the molecule is C[C@H]1[C@@H](C(=O)O)CCCN1C(=O)C(CC(F)F)NC(=O)OCC1c2ccccc2-c2ccccc21. The van der Waals surface area contributed by atoms with Crippen LogP contribution in [0.4, 0.5) is 13.6 Å². The third kappa shape index (κ3) is 5.13. The van der Waals surface area contributed by atoms with Crippen molar-refractivity contribution in [1.82, 2.24) is 10.2 Å². The first kappa shape index (κ1) is 24.6. The molecule has 2 aromatic rings. The van der Waals surface area contributed by atoms with Gasteiger partial charge in [-0.1, -0.05) is 48.5 Å². The molecule has 1 aliphatic carbocycles. The fraction of sp³-hybridized carbons (Fsp3) is 0.423. The first-order chi connectivity index (χ1) is 16.8. The molecule has 2 aromatic carbocycles. The second-order valence-electron chi connectivity index (χ2n) is 9.01. The molecule has 0 bridgehead atoms. The van der Waals surface area contributed by atoms with E-state index in [0.717, 1.165) is 22.3 Å². The van der Waals surface area contributed by atoms with Gasteiger partial charge in [0.05, 0.1) is 5.92 Å². The Kier molecular flexibility index (Phi) is 7.33. The van der Waals surface area contributed by atoms with Crippen LogP contribution in [0, 0.1) is 5.92 Å². The maximum absolute atomic E-state index is 13.3. The molecule has 35 heavy (non-hydrogen) atoms. The van der Waals surface area contributed by atoms with E-state index in [0.29, 0.717) is 12.8 Å². The van der Waals surface area contributed by atoms with Crippen molar-refractivity contribution in [3.8, 4) is 11.1 Å².